The summed E-state index contributed by atoms with van der Waals surface area (Å²) in [4.78, 5) is 0. The zero-order chi connectivity index (χ0) is 10.6. The lowest BCUT2D eigenvalue weighted by Crippen LogP contribution is -2.18. The summed E-state index contributed by atoms with van der Waals surface area (Å²) in [5.74, 6) is 0.623. The molecule has 0 fully saturated rings. The van der Waals surface area contributed by atoms with Crippen LogP contribution < -0.4 is 10.2 Å². The molecule has 0 spiro atoms. The van der Waals surface area contributed by atoms with Crippen molar-refractivity contribution in [3.8, 4) is 5.75 Å². The third kappa shape index (κ3) is 2.45. The zero-order valence-corrected chi connectivity index (χ0v) is 8.32. The van der Waals surface area contributed by atoms with Crippen molar-refractivity contribution in [3.63, 3.8) is 0 Å². The minimum atomic E-state index is -0.769. The molecule has 0 radical (unpaired) electrons. The third-order valence-corrected chi connectivity index (χ3v) is 2.03. The van der Waals surface area contributed by atoms with Gasteiger partial charge in [-0.1, -0.05) is 11.6 Å². The molecule has 4 nitrogen and oxygen atoms in total. The minimum Gasteiger partial charge on any atom is -0.496 e. The normalized spacial score (nSPS) is 12.6. The molecular formula is C10H15NO3. The van der Waals surface area contributed by atoms with Gasteiger partial charge in [-0.15, -0.1) is 0 Å². The van der Waals surface area contributed by atoms with Crippen molar-refractivity contribution in [1.82, 2.24) is 5.48 Å². The molecule has 0 saturated carbocycles. The predicted octanol–water partition coefficient (Wildman–Crippen LogP) is 1.02. The summed E-state index contributed by atoms with van der Waals surface area (Å²) in [6, 6.07) is 5.54. The molecule has 0 aliphatic rings. The Morgan fingerprint density at radius 1 is 1.50 bits per heavy atom. The van der Waals surface area contributed by atoms with Crippen LogP contribution in [0.5, 0.6) is 5.75 Å². The second-order valence-corrected chi connectivity index (χ2v) is 3.12. The Labute approximate surface area is 83.1 Å². The molecule has 0 aliphatic heterocycles. The number of hydroxylamine groups is 1. The van der Waals surface area contributed by atoms with E-state index in [0.29, 0.717) is 11.3 Å². The molecule has 1 rings (SSSR count). The zero-order valence-electron chi connectivity index (χ0n) is 8.32. The van der Waals surface area contributed by atoms with E-state index in [1.54, 1.807) is 13.2 Å². The summed E-state index contributed by atoms with van der Waals surface area (Å²) in [6.07, 6.45) is -0.769. The minimum absolute atomic E-state index is 0.0831. The molecular weight excluding hydrogens is 182 g/mol. The Bertz CT molecular complexity index is 301. The van der Waals surface area contributed by atoms with E-state index in [2.05, 4.69) is 0 Å². The second-order valence-electron chi connectivity index (χ2n) is 3.12. The van der Waals surface area contributed by atoms with E-state index in [1.807, 2.05) is 24.5 Å². The summed E-state index contributed by atoms with van der Waals surface area (Å²) < 4.78 is 5.10. The fourth-order valence-electron chi connectivity index (χ4n) is 1.31. The molecule has 1 unspecified atom stereocenters. The van der Waals surface area contributed by atoms with Gasteiger partial charge in [0.25, 0.3) is 0 Å². The van der Waals surface area contributed by atoms with Gasteiger partial charge in [0.15, 0.2) is 0 Å². The fourth-order valence-corrected chi connectivity index (χ4v) is 1.31. The molecule has 78 valence electrons. The predicted molar refractivity (Wildman–Crippen MR) is 52.5 cm³/mol. The summed E-state index contributed by atoms with van der Waals surface area (Å²) >= 11 is 0. The lowest BCUT2D eigenvalue weighted by atomic mass is 10.1. The summed E-state index contributed by atoms with van der Waals surface area (Å²) in [7, 11) is 1.55. The van der Waals surface area contributed by atoms with Gasteiger partial charge >= 0.3 is 0 Å². The number of benzene rings is 1. The van der Waals surface area contributed by atoms with E-state index < -0.39 is 6.10 Å². The van der Waals surface area contributed by atoms with Crippen molar-refractivity contribution >= 4 is 0 Å². The maximum absolute atomic E-state index is 9.65. The van der Waals surface area contributed by atoms with Gasteiger partial charge in [0, 0.05) is 5.56 Å². The van der Waals surface area contributed by atoms with Crippen LogP contribution in [0.1, 0.15) is 17.2 Å². The van der Waals surface area contributed by atoms with Gasteiger partial charge in [0.05, 0.1) is 19.8 Å². The number of rotatable bonds is 4. The lowest BCUT2D eigenvalue weighted by molar-refractivity contribution is 0.0906. The molecule has 0 saturated heterocycles. The Hall–Kier alpha value is -1.10. The van der Waals surface area contributed by atoms with E-state index >= 15 is 0 Å². The van der Waals surface area contributed by atoms with Gasteiger partial charge in [0.1, 0.15) is 5.75 Å². The first-order valence-electron chi connectivity index (χ1n) is 4.38. The number of aliphatic hydroxyl groups excluding tert-OH is 1. The van der Waals surface area contributed by atoms with Crippen LogP contribution in [0.3, 0.4) is 0 Å². The van der Waals surface area contributed by atoms with E-state index in [4.69, 9.17) is 9.94 Å². The van der Waals surface area contributed by atoms with E-state index in [-0.39, 0.29) is 6.54 Å². The average molecular weight is 197 g/mol. The second kappa shape index (κ2) is 4.95. The smallest absolute Gasteiger partial charge is 0.124 e. The first-order chi connectivity index (χ1) is 6.69. The summed E-state index contributed by atoms with van der Waals surface area (Å²) in [6.45, 7) is 2.02. The lowest BCUT2D eigenvalue weighted by Gasteiger charge is -2.14. The molecule has 3 N–H and O–H groups in total. The number of aliphatic hydroxyl groups is 1. The molecule has 1 aromatic rings. The molecule has 4 heteroatoms. The van der Waals surface area contributed by atoms with Crippen LogP contribution in [0.25, 0.3) is 0 Å². The van der Waals surface area contributed by atoms with E-state index in [0.717, 1.165) is 5.56 Å². The first kappa shape index (κ1) is 11.0. The molecule has 1 aromatic carbocycles. The highest BCUT2D eigenvalue weighted by Crippen LogP contribution is 2.25. The van der Waals surface area contributed by atoms with Crippen molar-refractivity contribution in [2.24, 2.45) is 0 Å². The van der Waals surface area contributed by atoms with Gasteiger partial charge in [-0.2, -0.15) is 0 Å². The van der Waals surface area contributed by atoms with Crippen LogP contribution in [0.2, 0.25) is 0 Å². The highest BCUT2D eigenvalue weighted by molar-refractivity contribution is 5.38. The molecule has 0 heterocycles. The fraction of sp³-hybridized carbons (Fsp3) is 0.400. The molecule has 14 heavy (non-hydrogen) atoms. The molecule has 0 aliphatic carbocycles. The molecule has 0 aromatic heterocycles. The van der Waals surface area contributed by atoms with Crippen LogP contribution in [0.15, 0.2) is 18.2 Å². The Morgan fingerprint density at radius 2 is 2.21 bits per heavy atom. The van der Waals surface area contributed by atoms with Crippen molar-refractivity contribution in [2.75, 3.05) is 13.7 Å². The van der Waals surface area contributed by atoms with Crippen molar-refractivity contribution in [2.45, 2.75) is 13.0 Å². The van der Waals surface area contributed by atoms with Crippen molar-refractivity contribution in [3.05, 3.63) is 29.3 Å². The topological polar surface area (TPSA) is 61.7 Å². The number of methoxy groups -OCH3 is 1. The number of hydrogen-bond acceptors (Lipinski definition) is 4. The van der Waals surface area contributed by atoms with Gasteiger partial charge in [-0.25, -0.2) is 5.48 Å². The number of ether oxygens (including phenoxy) is 1. The highest BCUT2D eigenvalue weighted by atomic mass is 16.5. The average Bonchev–Trinajstić information content (AvgIpc) is 2.18. The largest absolute Gasteiger partial charge is 0.496 e. The quantitative estimate of drug-likeness (QED) is 0.630. The van der Waals surface area contributed by atoms with Crippen LogP contribution in [0, 0.1) is 6.92 Å². The Kier molecular flexibility index (Phi) is 3.88. The SMILES string of the molecule is COc1ccc(C)cc1C(O)CNO. The summed E-state index contributed by atoms with van der Waals surface area (Å²) in [5.41, 5.74) is 3.65. The number of aryl methyl sites for hydroxylation is 1. The molecule has 1 atom stereocenters. The Balaban J connectivity index is 2.97. The van der Waals surface area contributed by atoms with Crippen LogP contribution in [0.4, 0.5) is 0 Å². The van der Waals surface area contributed by atoms with Crippen LogP contribution in [-0.4, -0.2) is 24.0 Å². The van der Waals surface area contributed by atoms with Gasteiger partial charge < -0.3 is 15.1 Å². The maximum Gasteiger partial charge on any atom is 0.124 e. The monoisotopic (exact) mass is 197 g/mol. The van der Waals surface area contributed by atoms with Gasteiger partial charge in [-0.05, 0) is 19.1 Å². The number of nitrogens with one attached hydrogen (secondary N) is 1. The molecule has 0 amide bonds. The van der Waals surface area contributed by atoms with Crippen molar-refractivity contribution < 1.29 is 15.1 Å². The first-order valence-corrected chi connectivity index (χ1v) is 4.38. The van der Waals surface area contributed by atoms with Gasteiger partial charge in [0.2, 0.25) is 0 Å². The Morgan fingerprint density at radius 3 is 2.79 bits per heavy atom. The van der Waals surface area contributed by atoms with Gasteiger partial charge in [-0.3, -0.25) is 0 Å². The van der Waals surface area contributed by atoms with E-state index in [9.17, 15) is 5.11 Å². The van der Waals surface area contributed by atoms with E-state index in [1.165, 1.54) is 0 Å². The highest BCUT2D eigenvalue weighted by Gasteiger charge is 2.12. The maximum atomic E-state index is 9.65. The number of hydrogen-bond donors (Lipinski definition) is 3. The summed E-state index contributed by atoms with van der Waals surface area (Å²) in [5, 5.41) is 18.1. The van der Waals surface area contributed by atoms with Crippen LogP contribution >= 0.6 is 0 Å². The van der Waals surface area contributed by atoms with Crippen molar-refractivity contribution in [1.29, 1.82) is 0 Å². The molecule has 0 bridgehead atoms. The van der Waals surface area contributed by atoms with Crippen LogP contribution in [-0.2, 0) is 0 Å². The standard InChI is InChI=1S/C10H15NO3/c1-7-3-4-10(14-2)8(5-7)9(12)6-11-13/h3-5,9,11-13H,6H2,1-2H3. The third-order valence-electron chi connectivity index (χ3n) is 2.03.